The minimum absolute atomic E-state index is 0.0782. The number of nitrogens with zero attached hydrogens (tertiary/aromatic N) is 4. The molecule has 1 saturated heterocycles. The number of ether oxygens (including phenoxy) is 2. The van der Waals surface area contributed by atoms with Crippen LogP contribution < -0.4 is 9.47 Å². The van der Waals surface area contributed by atoms with Gasteiger partial charge in [0, 0.05) is 26.1 Å². The quantitative estimate of drug-likeness (QED) is 0.794. The van der Waals surface area contributed by atoms with Crippen LogP contribution in [0.25, 0.3) is 0 Å². The number of hydrogen-bond donors (Lipinski definition) is 0. The van der Waals surface area contributed by atoms with Crippen molar-refractivity contribution >= 4 is 5.91 Å². The Bertz CT molecular complexity index is 777. The van der Waals surface area contributed by atoms with Gasteiger partial charge >= 0.3 is 0 Å². The van der Waals surface area contributed by atoms with Crippen molar-refractivity contribution in [1.29, 1.82) is 0 Å². The summed E-state index contributed by atoms with van der Waals surface area (Å²) in [5, 5.41) is 4.11. The third kappa shape index (κ3) is 3.66. The zero-order valence-corrected chi connectivity index (χ0v) is 15.1. The summed E-state index contributed by atoms with van der Waals surface area (Å²) in [6, 6.07) is 6.15. The van der Waals surface area contributed by atoms with Crippen molar-refractivity contribution in [2.24, 2.45) is 5.41 Å². The summed E-state index contributed by atoms with van der Waals surface area (Å²) in [5.41, 5.74) is 1.31. The third-order valence-electron chi connectivity index (χ3n) is 5.22. The summed E-state index contributed by atoms with van der Waals surface area (Å²) in [5.74, 6) is 1.89. The second kappa shape index (κ2) is 6.97. The van der Waals surface area contributed by atoms with E-state index in [-0.39, 0.29) is 11.3 Å². The molecule has 0 bridgehead atoms. The van der Waals surface area contributed by atoms with E-state index in [2.05, 4.69) is 29.1 Å². The molecule has 1 aromatic heterocycles. The van der Waals surface area contributed by atoms with E-state index in [4.69, 9.17) is 9.47 Å². The summed E-state index contributed by atoms with van der Waals surface area (Å²) >= 11 is 0. The van der Waals surface area contributed by atoms with Gasteiger partial charge in [-0.1, -0.05) is 13.0 Å². The molecule has 2 aliphatic heterocycles. The topological polar surface area (TPSA) is 69.5 Å². The van der Waals surface area contributed by atoms with Gasteiger partial charge in [0.1, 0.15) is 12.7 Å². The maximum atomic E-state index is 12.3. The largest absolute Gasteiger partial charge is 0.454 e. The lowest BCUT2D eigenvalue weighted by atomic mass is 9.76. The Balaban J connectivity index is 1.37. The molecule has 0 spiro atoms. The second-order valence-corrected chi connectivity index (χ2v) is 7.50. The Morgan fingerprint density at radius 2 is 2.12 bits per heavy atom. The first-order valence-electron chi connectivity index (χ1n) is 9.10. The predicted molar refractivity (Wildman–Crippen MR) is 94.8 cm³/mol. The number of likely N-dealkylation sites (tertiary alicyclic amines) is 1. The minimum atomic E-state index is 0.0782. The van der Waals surface area contributed by atoms with Crippen LogP contribution in [0.1, 0.15) is 31.7 Å². The molecule has 0 unspecified atom stereocenters. The van der Waals surface area contributed by atoms with Crippen LogP contribution in [0, 0.1) is 5.41 Å². The van der Waals surface area contributed by atoms with Crippen LogP contribution >= 0.6 is 0 Å². The van der Waals surface area contributed by atoms with Gasteiger partial charge in [0.15, 0.2) is 11.5 Å². The summed E-state index contributed by atoms with van der Waals surface area (Å²) in [4.78, 5) is 18.3. The van der Waals surface area contributed by atoms with Crippen LogP contribution in [0.15, 0.2) is 30.9 Å². The molecule has 0 radical (unpaired) electrons. The van der Waals surface area contributed by atoms with E-state index in [9.17, 15) is 4.79 Å². The normalized spacial score (nSPS) is 22.0. The zero-order valence-electron chi connectivity index (χ0n) is 15.1. The number of aryl methyl sites for hydroxylation is 1. The number of rotatable bonds is 6. The molecule has 2 aromatic rings. The first-order chi connectivity index (χ1) is 12.6. The highest BCUT2D eigenvalue weighted by molar-refractivity contribution is 5.77. The standard InChI is InChI=1S/C19H24N4O3/c1-19(10-15-3-4-16-17(9-15)26-14-25-16)6-5-18(24)22(11-19)7-2-8-23-13-20-12-21-23/h3-4,9,12-13H,2,5-8,10-11,14H2,1H3/t19-/m0/s1. The molecular weight excluding hydrogens is 332 g/mol. The van der Waals surface area contributed by atoms with Crippen molar-refractivity contribution in [1.82, 2.24) is 19.7 Å². The molecule has 1 fully saturated rings. The molecule has 26 heavy (non-hydrogen) atoms. The molecule has 7 nitrogen and oxygen atoms in total. The highest BCUT2D eigenvalue weighted by Gasteiger charge is 2.35. The lowest BCUT2D eigenvalue weighted by molar-refractivity contribution is -0.137. The Hall–Kier alpha value is -2.57. The van der Waals surface area contributed by atoms with Crippen molar-refractivity contribution in [3.05, 3.63) is 36.4 Å². The number of hydrogen-bond acceptors (Lipinski definition) is 5. The van der Waals surface area contributed by atoms with E-state index in [1.165, 1.54) is 11.9 Å². The van der Waals surface area contributed by atoms with Gasteiger partial charge in [-0.3, -0.25) is 9.48 Å². The number of aromatic nitrogens is 3. The van der Waals surface area contributed by atoms with Gasteiger partial charge in [0.2, 0.25) is 12.7 Å². The number of carbonyl (C=O) groups excluding carboxylic acids is 1. The van der Waals surface area contributed by atoms with Gasteiger partial charge in [-0.05, 0) is 42.4 Å². The molecule has 4 rings (SSSR count). The zero-order chi connectivity index (χ0) is 18.0. The SMILES string of the molecule is C[C@@]1(Cc2ccc3c(c2)OCO3)CCC(=O)N(CCCn2cncn2)C1. The van der Waals surface area contributed by atoms with Crippen LogP contribution in [0.2, 0.25) is 0 Å². The van der Waals surface area contributed by atoms with E-state index in [0.717, 1.165) is 50.4 Å². The summed E-state index contributed by atoms with van der Waals surface area (Å²) in [6.07, 6.45) is 6.59. The Morgan fingerprint density at radius 1 is 1.23 bits per heavy atom. The molecule has 7 heteroatoms. The molecule has 1 amide bonds. The number of carbonyl (C=O) groups is 1. The van der Waals surface area contributed by atoms with Crippen molar-refractivity contribution < 1.29 is 14.3 Å². The van der Waals surface area contributed by atoms with E-state index < -0.39 is 0 Å². The monoisotopic (exact) mass is 356 g/mol. The fourth-order valence-electron chi connectivity index (χ4n) is 3.86. The van der Waals surface area contributed by atoms with Crippen molar-refractivity contribution in [2.75, 3.05) is 19.9 Å². The van der Waals surface area contributed by atoms with Gasteiger partial charge < -0.3 is 14.4 Å². The van der Waals surface area contributed by atoms with E-state index in [0.29, 0.717) is 13.2 Å². The first-order valence-corrected chi connectivity index (χ1v) is 9.10. The molecule has 2 aliphatic rings. The lowest BCUT2D eigenvalue weighted by Crippen LogP contribution is -2.46. The fourth-order valence-corrected chi connectivity index (χ4v) is 3.86. The molecular formula is C19H24N4O3. The molecule has 0 aliphatic carbocycles. The molecule has 0 N–H and O–H groups in total. The summed E-state index contributed by atoms with van der Waals surface area (Å²) < 4.78 is 12.7. The lowest BCUT2D eigenvalue weighted by Gasteiger charge is -2.40. The smallest absolute Gasteiger partial charge is 0.231 e. The number of amides is 1. The second-order valence-electron chi connectivity index (χ2n) is 7.50. The van der Waals surface area contributed by atoms with Gasteiger partial charge in [0.25, 0.3) is 0 Å². The molecule has 1 atom stereocenters. The van der Waals surface area contributed by atoms with Crippen LogP contribution in [-0.2, 0) is 17.8 Å². The van der Waals surface area contributed by atoms with Gasteiger partial charge in [-0.25, -0.2) is 4.98 Å². The highest BCUT2D eigenvalue weighted by atomic mass is 16.7. The number of piperidine rings is 1. The van der Waals surface area contributed by atoms with E-state index in [1.807, 2.05) is 11.0 Å². The Kier molecular flexibility index (Phi) is 4.53. The summed E-state index contributed by atoms with van der Waals surface area (Å²) in [6.45, 7) is 4.90. The maximum Gasteiger partial charge on any atom is 0.231 e. The van der Waals surface area contributed by atoms with Crippen molar-refractivity contribution in [3.8, 4) is 11.5 Å². The van der Waals surface area contributed by atoms with E-state index >= 15 is 0 Å². The van der Waals surface area contributed by atoms with Crippen LogP contribution in [-0.4, -0.2) is 45.5 Å². The molecule has 138 valence electrons. The third-order valence-corrected chi connectivity index (χ3v) is 5.22. The van der Waals surface area contributed by atoms with E-state index in [1.54, 1.807) is 11.0 Å². The summed E-state index contributed by atoms with van der Waals surface area (Å²) in [7, 11) is 0. The Labute approximate surface area is 152 Å². The van der Waals surface area contributed by atoms with Gasteiger partial charge in [-0.15, -0.1) is 0 Å². The first kappa shape index (κ1) is 16.9. The van der Waals surface area contributed by atoms with Gasteiger partial charge in [0.05, 0.1) is 0 Å². The maximum absolute atomic E-state index is 12.3. The fraction of sp³-hybridized carbons (Fsp3) is 0.526. The number of benzene rings is 1. The van der Waals surface area contributed by atoms with Crippen LogP contribution in [0.4, 0.5) is 0 Å². The molecule has 3 heterocycles. The van der Waals surface area contributed by atoms with Crippen LogP contribution in [0.3, 0.4) is 0 Å². The predicted octanol–water partition coefficient (Wildman–Crippen LogP) is 2.27. The average Bonchev–Trinajstić information content (AvgIpc) is 3.29. The highest BCUT2D eigenvalue weighted by Crippen LogP contribution is 2.37. The van der Waals surface area contributed by atoms with Crippen molar-refractivity contribution in [3.63, 3.8) is 0 Å². The minimum Gasteiger partial charge on any atom is -0.454 e. The van der Waals surface area contributed by atoms with Gasteiger partial charge in [-0.2, -0.15) is 5.10 Å². The Morgan fingerprint density at radius 3 is 2.96 bits per heavy atom. The number of fused-ring (bicyclic) bond motifs is 1. The van der Waals surface area contributed by atoms with Crippen LogP contribution in [0.5, 0.6) is 11.5 Å². The average molecular weight is 356 g/mol. The molecule has 0 saturated carbocycles. The molecule has 1 aromatic carbocycles. The van der Waals surface area contributed by atoms with Crippen molar-refractivity contribution in [2.45, 2.75) is 39.2 Å².